The molecule has 0 amide bonds. The number of aromatic nitrogens is 2. The molecule has 0 aliphatic rings. The Hall–Kier alpha value is -2.68. The van der Waals surface area contributed by atoms with Gasteiger partial charge in [-0.3, -0.25) is 4.79 Å². The average Bonchev–Trinajstić information content (AvgIpc) is 2.98. The molecule has 1 aromatic heterocycles. The first-order valence-electron chi connectivity index (χ1n) is 7.43. The average molecular weight is 392 g/mol. The highest BCUT2D eigenvalue weighted by molar-refractivity contribution is 7.89. The lowest BCUT2D eigenvalue weighted by atomic mass is 10.1. The number of hydrogen-bond acceptors (Lipinski definition) is 4. The minimum Gasteiger partial charge on any atom is -0.481 e. The quantitative estimate of drug-likeness (QED) is 0.693. The number of primary sulfonamides is 1. The van der Waals surface area contributed by atoms with E-state index in [1.165, 1.54) is 16.8 Å². The van der Waals surface area contributed by atoms with Crippen LogP contribution in [0, 0.1) is 0 Å². The predicted octanol–water partition coefficient (Wildman–Crippen LogP) is 2.47. The third-order valence-electron chi connectivity index (χ3n) is 3.69. The molecule has 0 saturated heterocycles. The van der Waals surface area contributed by atoms with Gasteiger partial charge in [-0.25, -0.2) is 18.2 Å². The van der Waals surface area contributed by atoms with Gasteiger partial charge in [-0.2, -0.15) is 5.10 Å². The topological polar surface area (TPSA) is 115 Å². The standard InChI is InChI=1S/C17H14ClN3O4S/c18-12-3-1-11(2-4-12)15-10-21(20-16(15)9-17(22)23)13-5-7-14(8-6-13)26(19,24)25/h1-8,10H,9H2,(H,22,23)(H2,19,24,25). The molecule has 0 fully saturated rings. The Kier molecular flexibility index (Phi) is 4.82. The lowest BCUT2D eigenvalue weighted by Crippen LogP contribution is -2.12. The van der Waals surface area contributed by atoms with Gasteiger partial charge >= 0.3 is 5.97 Å². The Morgan fingerprint density at radius 1 is 1.12 bits per heavy atom. The molecular weight excluding hydrogens is 378 g/mol. The summed E-state index contributed by atoms with van der Waals surface area (Å²) in [5, 5.41) is 19.1. The Bertz CT molecular complexity index is 1060. The van der Waals surface area contributed by atoms with Gasteiger partial charge in [-0.1, -0.05) is 23.7 Å². The number of benzene rings is 2. The van der Waals surface area contributed by atoms with Crippen molar-refractivity contribution in [3.8, 4) is 16.8 Å². The van der Waals surface area contributed by atoms with E-state index in [0.717, 1.165) is 5.56 Å². The summed E-state index contributed by atoms with van der Waals surface area (Å²) in [6, 6.07) is 12.8. The number of aliphatic carboxylic acids is 1. The number of carbonyl (C=O) groups is 1. The van der Waals surface area contributed by atoms with Crippen molar-refractivity contribution in [2.45, 2.75) is 11.3 Å². The van der Waals surface area contributed by atoms with E-state index in [9.17, 15) is 13.2 Å². The molecule has 0 unspecified atom stereocenters. The molecule has 0 spiro atoms. The van der Waals surface area contributed by atoms with E-state index in [1.54, 1.807) is 42.6 Å². The van der Waals surface area contributed by atoms with E-state index in [4.69, 9.17) is 21.8 Å². The van der Waals surface area contributed by atoms with Crippen molar-refractivity contribution in [3.63, 3.8) is 0 Å². The van der Waals surface area contributed by atoms with E-state index in [2.05, 4.69) is 5.10 Å². The Labute approximate surface area is 154 Å². The van der Waals surface area contributed by atoms with E-state index in [0.29, 0.717) is 22.0 Å². The maximum Gasteiger partial charge on any atom is 0.309 e. The van der Waals surface area contributed by atoms with Gasteiger partial charge in [0.05, 0.1) is 22.7 Å². The van der Waals surface area contributed by atoms with Crippen LogP contribution in [0.15, 0.2) is 59.6 Å². The van der Waals surface area contributed by atoms with Gasteiger partial charge in [0.1, 0.15) is 0 Å². The van der Waals surface area contributed by atoms with Crippen molar-refractivity contribution in [2.24, 2.45) is 5.14 Å². The third-order valence-corrected chi connectivity index (χ3v) is 4.88. The molecule has 0 radical (unpaired) electrons. The van der Waals surface area contributed by atoms with Gasteiger partial charge in [0, 0.05) is 16.8 Å². The number of carboxylic acid groups (broad SMARTS) is 1. The van der Waals surface area contributed by atoms with Crippen molar-refractivity contribution in [1.82, 2.24) is 9.78 Å². The zero-order valence-electron chi connectivity index (χ0n) is 13.3. The van der Waals surface area contributed by atoms with Crippen molar-refractivity contribution >= 4 is 27.6 Å². The molecule has 134 valence electrons. The minimum absolute atomic E-state index is 0.0166. The molecule has 2 aromatic carbocycles. The van der Waals surface area contributed by atoms with Crippen LogP contribution in [0.3, 0.4) is 0 Å². The fourth-order valence-corrected chi connectivity index (χ4v) is 3.12. The Morgan fingerprint density at radius 3 is 2.27 bits per heavy atom. The van der Waals surface area contributed by atoms with Gasteiger partial charge in [0.25, 0.3) is 0 Å². The third kappa shape index (κ3) is 3.93. The molecule has 0 saturated carbocycles. The summed E-state index contributed by atoms with van der Waals surface area (Å²) in [4.78, 5) is 11.1. The summed E-state index contributed by atoms with van der Waals surface area (Å²) in [7, 11) is -3.79. The van der Waals surface area contributed by atoms with E-state index < -0.39 is 16.0 Å². The lowest BCUT2D eigenvalue weighted by Gasteiger charge is -2.02. The molecule has 0 aliphatic carbocycles. The van der Waals surface area contributed by atoms with Crippen molar-refractivity contribution < 1.29 is 18.3 Å². The largest absolute Gasteiger partial charge is 0.481 e. The fraction of sp³-hybridized carbons (Fsp3) is 0.0588. The van der Waals surface area contributed by atoms with Gasteiger partial charge in [-0.05, 0) is 42.0 Å². The molecule has 9 heteroatoms. The number of sulfonamides is 1. The summed E-state index contributed by atoms with van der Waals surface area (Å²) in [5.41, 5.74) is 2.39. The smallest absolute Gasteiger partial charge is 0.309 e. The van der Waals surface area contributed by atoms with Crippen molar-refractivity contribution in [2.75, 3.05) is 0 Å². The minimum atomic E-state index is -3.79. The summed E-state index contributed by atoms with van der Waals surface area (Å²) >= 11 is 5.90. The monoisotopic (exact) mass is 391 g/mol. The second-order valence-corrected chi connectivity index (χ2v) is 7.55. The number of nitrogens with zero attached hydrogens (tertiary/aromatic N) is 2. The van der Waals surface area contributed by atoms with Crippen LogP contribution >= 0.6 is 11.6 Å². The van der Waals surface area contributed by atoms with Crippen LogP contribution in [0.5, 0.6) is 0 Å². The maximum atomic E-state index is 11.4. The van der Waals surface area contributed by atoms with Gasteiger partial charge in [-0.15, -0.1) is 0 Å². The van der Waals surface area contributed by atoms with E-state index >= 15 is 0 Å². The van der Waals surface area contributed by atoms with Gasteiger partial charge in [0.2, 0.25) is 10.0 Å². The molecule has 0 aliphatic heterocycles. The fourth-order valence-electron chi connectivity index (χ4n) is 2.47. The molecule has 7 nitrogen and oxygen atoms in total. The summed E-state index contributed by atoms with van der Waals surface area (Å²) in [6.07, 6.45) is 1.44. The molecule has 3 aromatic rings. The second kappa shape index (κ2) is 6.91. The maximum absolute atomic E-state index is 11.4. The van der Waals surface area contributed by atoms with Gasteiger partial charge in [0.15, 0.2) is 0 Å². The SMILES string of the molecule is NS(=O)(=O)c1ccc(-n2cc(-c3ccc(Cl)cc3)c(CC(=O)O)n2)cc1. The number of nitrogens with two attached hydrogens (primary N) is 1. The van der Waals surface area contributed by atoms with Crippen LogP contribution in [0.2, 0.25) is 5.02 Å². The number of halogens is 1. The van der Waals surface area contributed by atoms with Crippen molar-refractivity contribution in [3.05, 3.63) is 65.4 Å². The van der Waals surface area contributed by atoms with Crippen LogP contribution in [0.4, 0.5) is 0 Å². The predicted molar refractivity (Wildman–Crippen MR) is 96.7 cm³/mol. The van der Waals surface area contributed by atoms with Gasteiger partial charge < -0.3 is 5.11 Å². The zero-order valence-corrected chi connectivity index (χ0v) is 14.9. The number of rotatable bonds is 5. The lowest BCUT2D eigenvalue weighted by molar-refractivity contribution is -0.136. The first kappa shape index (κ1) is 18.1. The number of carboxylic acids is 1. The second-order valence-electron chi connectivity index (χ2n) is 5.55. The highest BCUT2D eigenvalue weighted by Gasteiger charge is 2.15. The summed E-state index contributed by atoms with van der Waals surface area (Å²) in [5.74, 6) is -1.00. The molecule has 0 atom stereocenters. The normalized spacial score (nSPS) is 11.5. The highest BCUT2D eigenvalue weighted by Crippen LogP contribution is 2.26. The molecular formula is C17H14ClN3O4S. The Balaban J connectivity index is 2.06. The first-order valence-corrected chi connectivity index (χ1v) is 9.36. The van der Waals surface area contributed by atoms with Crippen LogP contribution in [0.25, 0.3) is 16.8 Å². The summed E-state index contributed by atoms with van der Waals surface area (Å²) in [6.45, 7) is 0. The summed E-state index contributed by atoms with van der Waals surface area (Å²) < 4.78 is 24.2. The first-order chi connectivity index (χ1) is 12.2. The van der Waals surface area contributed by atoms with Crippen molar-refractivity contribution in [1.29, 1.82) is 0 Å². The van der Waals surface area contributed by atoms with Crippen LogP contribution in [-0.2, 0) is 21.2 Å². The zero-order chi connectivity index (χ0) is 18.9. The molecule has 1 heterocycles. The molecule has 0 bridgehead atoms. The van der Waals surface area contributed by atoms with E-state index in [1.807, 2.05) is 0 Å². The van der Waals surface area contributed by atoms with E-state index in [-0.39, 0.29) is 11.3 Å². The highest BCUT2D eigenvalue weighted by atomic mass is 35.5. The number of hydrogen-bond donors (Lipinski definition) is 2. The molecule has 3 N–H and O–H groups in total. The van der Waals surface area contributed by atoms with Crippen LogP contribution < -0.4 is 5.14 Å². The molecule has 26 heavy (non-hydrogen) atoms. The van der Waals surface area contributed by atoms with Crippen LogP contribution in [0.1, 0.15) is 5.69 Å². The molecule has 3 rings (SSSR count). The Morgan fingerprint density at radius 2 is 1.73 bits per heavy atom. The van der Waals surface area contributed by atoms with Crippen LogP contribution in [-0.4, -0.2) is 29.3 Å².